The molecule has 0 aromatic carbocycles. The van der Waals surface area contributed by atoms with Crippen molar-refractivity contribution in [3.8, 4) is 0 Å². The monoisotopic (exact) mass is 250 g/mol. The Bertz CT molecular complexity index is 364. The molecule has 0 atom stereocenters. The molecule has 1 saturated heterocycles. The lowest BCUT2D eigenvalue weighted by Gasteiger charge is -2.34. The summed E-state index contributed by atoms with van der Waals surface area (Å²) in [4.78, 5) is 9.08. The van der Waals surface area contributed by atoms with Crippen molar-refractivity contribution in [3.05, 3.63) is 18.3 Å². The molecule has 0 unspecified atom stereocenters. The molecular formula is C13H22N4O. The van der Waals surface area contributed by atoms with E-state index in [1.54, 1.807) is 7.11 Å². The minimum atomic E-state index is 0.695. The molecule has 1 fully saturated rings. The molecule has 0 amide bonds. The molecule has 100 valence electrons. The summed E-state index contributed by atoms with van der Waals surface area (Å²) < 4.78 is 5.02. The Hall–Kier alpha value is -1.33. The van der Waals surface area contributed by atoms with Crippen LogP contribution >= 0.6 is 0 Å². The highest BCUT2D eigenvalue weighted by molar-refractivity contribution is 5.54. The highest BCUT2D eigenvalue weighted by Crippen LogP contribution is 2.18. The summed E-state index contributed by atoms with van der Waals surface area (Å²) in [5.74, 6) is 0.920. The molecule has 1 aromatic rings. The fourth-order valence-electron chi connectivity index (χ4n) is 2.06. The molecule has 0 aliphatic carbocycles. The number of nitrogens with one attached hydrogen (secondary N) is 1. The van der Waals surface area contributed by atoms with E-state index >= 15 is 0 Å². The van der Waals surface area contributed by atoms with E-state index in [0.717, 1.165) is 38.5 Å². The molecular weight excluding hydrogens is 228 g/mol. The normalized spacial score (nSPS) is 16.9. The summed E-state index contributed by atoms with van der Waals surface area (Å²) in [5, 5.41) is 3.26. The van der Waals surface area contributed by atoms with Crippen molar-refractivity contribution in [2.24, 2.45) is 0 Å². The average molecular weight is 250 g/mol. The van der Waals surface area contributed by atoms with Gasteiger partial charge in [0.05, 0.1) is 6.61 Å². The first-order valence-electron chi connectivity index (χ1n) is 6.42. The standard InChI is InChI=1S/C13H22N4O/c1-16-6-8-17(9-7-16)12-3-4-14-13(11-12)15-5-10-18-2/h3-4,11H,5-10H2,1-2H3,(H,14,15). The van der Waals surface area contributed by atoms with Crippen LogP contribution in [-0.2, 0) is 4.74 Å². The van der Waals surface area contributed by atoms with Crippen molar-refractivity contribution in [2.75, 3.05) is 63.7 Å². The van der Waals surface area contributed by atoms with Crippen LogP contribution in [0.2, 0.25) is 0 Å². The van der Waals surface area contributed by atoms with E-state index in [0.29, 0.717) is 6.61 Å². The van der Waals surface area contributed by atoms with Gasteiger partial charge in [-0.2, -0.15) is 0 Å². The first-order chi connectivity index (χ1) is 8.79. The van der Waals surface area contributed by atoms with Crippen LogP contribution in [0.5, 0.6) is 0 Å². The Labute approximate surface area is 109 Å². The van der Waals surface area contributed by atoms with Gasteiger partial charge in [0.1, 0.15) is 5.82 Å². The van der Waals surface area contributed by atoms with Gasteiger partial charge in [-0.25, -0.2) is 4.98 Å². The van der Waals surface area contributed by atoms with Crippen LogP contribution in [0.3, 0.4) is 0 Å². The Kier molecular flexibility index (Phi) is 4.78. The van der Waals surface area contributed by atoms with Crippen molar-refractivity contribution in [1.29, 1.82) is 0 Å². The van der Waals surface area contributed by atoms with Gasteiger partial charge >= 0.3 is 0 Å². The molecule has 1 aliphatic rings. The van der Waals surface area contributed by atoms with Gasteiger partial charge in [-0.1, -0.05) is 0 Å². The number of pyridine rings is 1. The number of hydrogen-bond acceptors (Lipinski definition) is 5. The van der Waals surface area contributed by atoms with Gasteiger partial charge in [0.15, 0.2) is 0 Å². The summed E-state index contributed by atoms with van der Waals surface area (Å²) in [7, 11) is 3.87. The number of nitrogens with zero attached hydrogens (tertiary/aromatic N) is 3. The number of piperazine rings is 1. The topological polar surface area (TPSA) is 40.6 Å². The summed E-state index contributed by atoms with van der Waals surface area (Å²) in [6.45, 7) is 5.88. The second-order valence-electron chi connectivity index (χ2n) is 4.61. The number of anilines is 2. The van der Waals surface area contributed by atoms with Gasteiger partial charge in [-0.05, 0) is 13.1 Å². The van der Waals surface area contributed by atoms with E-state index in [1.165, 1.54) is 5.69 Å². The van der Waals surface area contributed by atoms with Crippen LogP contribution < -0.4 is 10.2 Å². The Balaban J connectivity index is 1.94. The maximum atomic E-state index is 5.02. The third-order valence-electron chi connectivity index (χ3n) is 3.22. The molecule has 5 heteroatoms. The van der Waals surface area contributed by atoms with Crippen molar-refractivity contribution < 1.29 is 4.74 Å². The predicted octanol–water partition coefficient (Wildman–Crippen LogP) is 0.892. The minimum absolute atomic E-state index is 0.695. The number of methoxy groups -OCH3 is 1. The molecule has 2 heterocycles. The highest BCUT2D eigenvalue weighted by Gasteiger charge is 2.14. The second kappa shape index (κ2) is 6.56. The molecule has 5 nitrogen and oxygen atoms in total. The molecule has 0 spiro atoms. The van der Waals surface area contributed by atoms with Gasteiger partial charge in [0, 0.05) is 57.8 Å². The molecule has 1 N–H and O–H groups in total. The van der Waals surface area contributed by atoms with Crippen molar-refractivity contribution in [1.82, 2.24) is 9.88 Å². The molecule has 1 aliphatic heterocycles. The molecule has 2 rings (SSSR count). The van der Waals surface area contributed by atoms with Crippen molar-refractivity contribution in [3.63, 3.8) is 0 Å². The minimum Gasteiger partial charge on any atom is -0.383 e. The zero-order chi connectivity index (χ0) is 12.8. The van der Waals surface area contributed by atoms with Crippen LogP contribution in [-0.4, -0.2) is 63.4 Å². The van der Waals surface area contributed by atoms with E-state index in [-0.39, 0.29) is 0 Å². The largest absolute Gasteiger partial charge is 0.383 e. The van der Waals surface area contributed by atoms with Gasteiger partial charge in [-0.3, -0.25) is 0 Å². The van der Waals surface area contributed by atoms with Crippen molar-refractivity contribution in [2.45, 2.75) is 0 Å². The average Bonchev–Trinajstić information content (AvgIpc) is 2.40. The fourth-order valence-corrected chi connectivity index (χ4v) is 2.06. The summed E-state index contributed by atoms with van der Waals surface area (Å²) >= 11 is 0. The fraction of sp³-hybridized carbons (Fsp3) is 0.615. The lowest BCUT2D eigenvalue weighted by atomic mass is 10.2. The third-order valence-corrected chi connectivity index (χ3v) is 3.22. The van der Waals surface area contributed by atoms with Crippen LogP contribution in [0.4, 0.5) is 11.5 Å². The SMILES string of the molecule is COCCNc1cc(N2CCN(C)CC2)ccn1. The van der Waals surface area contributed by atoms with Gasteiger partial charge in [0.25, 0.3) is 0 Å². The molecule has 0 saturated carbocycles. The van der Waals surface area contributed by atoms with Crippen LogP contribution in [0.1, 0.15) is 0 Å². The Morgan fingerprint density at radius 2 is 2.11 bits per heavy atom. The summed E-state index contributed by atoms with van der Waals surface area (Å²) in [6, 6.07) is 4.19. The molecule has 0 bridgehead atoms. The summed E-state index contributed by atoms with van der Waals surface area (Å²) in [6.07, 6.45) is 1.86. The smallest absolute Gasteiger partial charge is 0.128 e. The van der Waals surface area contributed by atoms with Crippen LogP contribution in [0.15, 0.2) is 18.3 Å². The van der Waals surface area contributed by atoms with Gasteiger partial charge in [0.2, 0.25) is 0 Å². The van der Waals surface area contributed by atoms with Gasteiger partial charge in [-0.15, -0.1) is 0 Å². The first kappa shape index (κ1) is 13.1. The van der Waals surface area contributed by atoms with Gasteiger partial charge < -0.3 is 19.9 Å². The van der Waals surface area contributed by atoms with E-state index in [2.05, 4.69) is 39.3 Å². The third kappa shape index (κ3) is 3.58. The zero-order valence-electron chi connectivity index (χ0n) is 11.2. The quantitative estimate of drug-likeness (QED) is 0.786. The number of rotatable bonds is 5. The second-order valence-corrected chi connectivity index (χ2v) is 4.61. The highest BCUT2D eigenvalue weighted by atomic mass is 16.5. The molecule has 0 radical (unpaired) electrons. The maximum Gasteiger partial charge on any atom is 0.128 e. The van der Waals surface area contributed by atoms with Crippen molar-refractivity contribution >= 4 is 11.5 Å². The van der Waals surface area contributed by atoms with Crippen LogP contribution in [0, 0.1) is 0 Å². The summed E-state index contributed by atoms with van der Waals surface area (Å²) in [5.41, 5.74) is 1.25. The zero-order valence-corrected chi connectivity index (χ0v) is 11.2. The Morgan fingerprint density at radius 3 is 2.83 bits per heavy atom. The van der Waals surface area contributed by atoms with E-state index in [1.807, 2.05) is 6.20 Å². The van der Waals surface area contributed by atoms with E-state index in [9.17, 15) is 0 Å². The lowest BCUT2D eigenvalue weighted by Crippen LogP contribution is -2.44. The number of likely N-dealkylation sites (N-methyl/N-ethyl adjacent to an activating group) is 1. The van der Waals surface area contributed by atoms with E-state index < -0.39 is 0 Å². The number of hydrogen-bond donors (Lipinski definition) is 1. The number of ether oxygens (including phenoxy) is 1. The lowest BCUT2D eigenvalue weighted by molar-refractivity contribution is 0.210. The molecule has 1 aromatic heterocycles. The van der Waals surface area contributed by atoms with Crippen LogP contribution in [0.25, 0.3) is 0 Å². The first-order valence-corrected chi connectivity index (χ1v) is 6.42. The maximum absolute atomic E-state index is 5.02. The predicted molar refractivity (Wildman–Crippen MR) is 74.3 cm³/mol. The van der Waals surface area contributed by atoms with E-state index in [4.69, 9.17) is 4.74 Å². The number of aromatic nitrogens is 1. The Morgan fingerprint density at radius 1 is 1.33 bits per heavy atom. The molecule has 18 heavy (non-hydrogen) atoms.